The summed E-state index contributed by atoms with van der Waals surface area (Å²) in [5.74, 6) is 0.735. The highest BCUT2D eigenvalue weighted by Gasteiger charge is 2.24. The Hall–Kier alpha value is -2.22. The highest BCUT2D eigenvalue weighted by Crippen LogP contribution is 2.32. The number of anilines is 1. The molecular formula is C16H20N4O3S. The van der Waals surface area contributed by atoms with E-state index in [1.165, 1.54) is 18.5 Å². The lowest BCUT2D eigenvalue weighted by Crippen LogP contribution is -2.15. The summed E-state index contributed by atoms with van der Waals surface area (Å²) >= 11 is 0. The minimum atomic E-state index is -3.77. The standard InChI is InChI=1S/C16H20N4O3S/c1-2-15(21)18-13-7-9-14(10-8-13)24(22,23)20-11-17-16(19-20)12-5-3-4-6-12/h7-12H,2-6H2,1H3,(H,18,21). The molecule has 0 saturated heterocycles. The molecule has 128 valence electrons. The predicted octanol–water partition coefficient (Wildman–Crippen LogP) is 2.52. The first-order valence-corrected chi connectivity index (χ1v) is 9.52. The van der Waals surface area contributed by atoms with E-state index >= 15 is 0 Å². The molecular weight excluding hydrogens is 328 g/mol. The molecule has 24 heavy (non-hydrogen) atoms. The fourth-order valence-corrected chi connectivity index (χ4v) is 3.87. The molecule has 1 N–H and O–H groups in total. The lowest BCUT2D eigenvalue weighted by Gasteiger charge is -2.07. The van der Waals surface area contributed by atoms with Crippen LogP contribution in [-0.4, -0.2) is 28.5 Å². The summed E-state index contributed by atoms with van der Waals surface area (Å²) in [6.07, 6.45) is 5.91. The van der Waals surface area contributed by atoms with Gasteiger partial charge in [-0.2, -0.15) is 8.42 Å². The van der Waals surface area contributed by atoms with E-state index in [4.69, 9.17) is 0 Å². The first kappa shape index (κ1) is 16.6. The minimum Gasteiger partial charge on any atom is -0.326 e. The molecule has 1 aliphatic carbocycles. The number of hydrogen-bond donors (Lipinski definition) is 1. The zero-order chi connectivity index (χ0) is 17.2. The predicted molar refractivity (Wildman–Crippen MR) is 89.2 cm³/mol. The Morgan fingerprint density at radius 2 is 1.92 bits per heavy atom. The number of carbonyl (C=O) groups excluding carboxylic acids is 1. The van der Waals surface area contributed by atoms with E-state index in [1.54, 1.807) is 19.1 Å². The Morgan fingerprint density at radius 3 is 2.54 bits per heavy atom. The molecule has 1 saturated carbocycles. The van der Waals surface area contributed by atoms with Gasteiger partial charge in [0.25, 0.3) is 10.0 Å². The summed E-state index contributed by atoms with van der Waals surface area (Å²) in [5, 5.41) is 6.85. The van der Waals surface area contributed by atoms with Crippen molar-refractivity contribution in [1.82, 2.24) is 14.2 Å². The number of aromatic nitrogens is 3. The zero-order valence-electron chi connectivity index (χ0n) is 13.5. The number of nitrogens with one attached hydrogen (secondary N) is 1. The van der Waals surface area contributed by atoms with Gasteiger partial charge in [-0.1, -0.05) is 19.8 Å². The summed E-state index contributed by atoms with van der Waals surface area (Å²) in [4.78, 5) is 15.6. The van der Waals surface area contributed by atoms with Gasteiger partial charge in [-0.3, -0.25) is 4.79 Å². The molecule has 1 aromatic carbocycles. The van der Waals surface area contributed by atoms with E-state index in [-0.39, 0.29) is 16.7 Å². The molecule has 0 spiro atoms. The van der Waals surface area contributed by atoms with Gasteiger partial charge in [0.05, 0.1) is 4.90 Å². The fourth-order valence-electron chi connectivity index (χ4n) is 2.82. The van der Waals surface area contributed by atoms with Crippen molar-refractivity contribution in [3.63, 3.8) is 0 Å². The van der Waals surface area contributed by atoms with E-state index < -0.39 is 10.0 Å². The van der Waals surface area contributed by atoms with Crippen molar-refractivity contribution < 1.29 is 13.2 Å². The van der Waals surface area contributed by atoms with E-state index in [0.29, 0.717) is 17.9 Å². The largest absolute Gasteiger partial charge is 0.326 e. The number of amides is 1. The van der Waals surface area contributed by atoms with Gasteiger partial charge in [0, 0.05) is 18.0 Å². The second-order valence-corrected chi connectivity index (χ2v) is 7.68. The van der Waals surface area contributed by atoms with E-state index in [2.05, 4.69) is 15.4 Å². The summed E-state index contributed by atoms with van der Waals surface area (Å²) in [6.45, 7) is 1.75. The molecule has 0 radical (unpaired) electrons. The third-order valence-electron chi connectivity index (χ3n) is 4.21. The second-order valence-electron chi connectivity index (χ2n) is 5.89. The maximum absolute atomic E-state index is 12.6. The quantitative estimate of drug-likeness (QED) is 0.896. The topological polar surface area (TPSA) is 94.0 Å². The van der Waals surface area contributed by atoms with Crippen molar-refractivity contribution in [3.05, 3.63) is 36.4 Å². The molecule has 1 heterocycles. The van der Waals surface area contributed by atoms with Crippen molar-refractivity contribution in [2.24, 2.45) is 0 Å². The van der Waals surface area contributed by atoms with Crippen LogP contribution in [0.4, 0.5) is 5.69 Å². The number of rotatable bonds is 5. The van der Waals surface area contributed by atoms with Crippen LogP contribution in [0.25, 0.3) is 0 Å². The Kier molecular flexibility index (Phi) is 4.66. The lowest BCUT2D eigenvalue weighted by atomic mass is 10.1. The second kappa shape index (κ2) is 6.72. The Morgan fingerprint density at radius 1 is 1.25 bits per heavy atom. The molecule has 1 amide bonds. The summed E-state index contributed by atoms with van der Waals surface area (Å²) < 4.78 is 26.2. The Bertz CT molecular complexity index is 821. The molecule has 0 aliphatic heterocycles. The highest BCUT2D eigenvalue weighted by atomic mass is 32.2. The number of nitrogens with zero attached hydrogens (tertiary/aromatic N) is 3. The maximum Gasteiger partial charge on any atom is 0.284 e. The molecule has 8 heteroatoms. The molecule has 0 atom stereocenters. The van der Waals surface area contributed by atoms with E-state index in [9.17, 15) is 13.2 Å². The summed E-state index contributed by atoms with van der Waals surface area (Å²) in [6, 6.07) is 6.04. The van der Waals surface area contributed by atoms with Gasteiger partial charge in [-0.25, -0.2) is 4.98 Å². The van der Waals surface area contributed by atoms with Gasteiger partial charge in [-0.05, 0) is 37.1 Å². The summed E-state index contributed by atoms with van der Waals surface area (Å²) in [7, 11) is -3.77. The van der Waals surface area contributed by atoms with Gasteiger partial charge in [-0.15, -0.1) is 9.19 Å². The van der Waals surface area contributed by atoms with Gasteiger partial charge < -0.3 is 5.32 Å². The van der Waals surface area contributed by atoms with Crippen LogP contribution in [0.1, 0.15) is 50.8 Å². The average Bonchev–Trinajstić information content (AvgIpc) is 3.26. The molecule has 1 fully saturated rings. The molecule has 7 nitrogen and oxygen atoms in total. The normalized spacial score (nSPS) is 15.5. The van der Waals surface area contributed by atoms with Gasteiger partial charge in [0.2, 0.25) is 5.91 Å². The average molecular weight is 348 g/mol. The van der Waals surface area contributed by atoms with Crippen LogP contribution in [0.2, 0.25) is 0 Å². The van der Waals surface area contributed by atoms with Gasteiger partial charge in [0.1, 0.15) is 6.33 Å². The van der Waals surface area contributed by atoms with Crippen molar-refractivity contribution in [2.45, 2.75) is 49.8 Å². The SMILES string of the molecule is CCC(=O)Nc1ccc(S(=O)(=O)n2cnc(C3CCCC3)n2)cc1. The van der Waals surface area contributed by atoms with Gasteiger partial charge >= 0.3 is 0 Å². The van der Waals surface area contributed by atoms with Crippen LogP contribution in [0, 0.1) is 0 Å². The smallest absolute Gasteiger partial charge is 0.284 e. The molecule has 0 unspecified atom stereocenters. The van der Waals surface area contributed by atoms with Crippen molar-refractivity contribution in [3.8, 4) is 0 Å². The third kappa shape index (κ3) is 3.33. The monoisotopic (exact) mass is 348 g/mol. The zero-order valence-corrected chi connectivity index (χ0v) is 14.3. The maximum atomic E-state index is 12.6. The Labute approximate surface area is 141 Å². The van der Waals surface area contributed by atoms with Crippen molar-refractivity contribution >= 4 is 21.6 Å². The van der Waals surface area contributed by atoms with Crippen molar-refractivity contribution in [1.29, 1.82) is 0 Å². The number of hydrogen-bond acceptors (Lipinski definition) is 5. The van der Waals surface area contributed by atoms with Crippen LogP contribution >= 0.6 is 0 Å². The highest BCUT2D eigenvalue weighted by molar-refractivity contribution is 7.89. The van der Waals surface area contributed by atoms with E-state index in [1.807, 2.05) is 0 Å². The minimum absolute atomic E-state index is 0.111. The lowest BCUT2D eigenvalue weighted by molar-refractivity contribution is -0.115. The fraction of sp³-hybridized carbons (Fsp3) is 0.438. The summed E-state index contributed by atoms with van der Waals surface area (Å²) in [5.41, 5.74) is 0.561. The van der Waals surface area contributed by atoms with Crippen LogP contribution in [0.3, 0.4) is 0 Å². The third-order valence-corrected chi connectivity index (χ3v) is 5.75. The van der Waals surface area contributed by atoms with Crippen LogP contribution < -0.4 is 5.32 Å². The molecule has 1 aromatic heterocycles. The molecule has 2 aromatic rings. The van der Waals surface area contributed by atoms with Crippen molar-refractivity contribution in [2.75, 3.05) is 5.32 Å². The van der Waals surface area contributed by atoms with Gasteiger partial charge in [0.15, 0.2) is 5.82 Å². The first-order chi connectivity index (χ1) is 11.5. The molecule has 3 rings (SSSR count). The first-order valence-electron chi connectivity index (χ1n) is 8.07. The molecule has 0 bridgehead atoms. The van der Waals surface area contributed by atoms with Crippen LogP contribution in [0.15, 0.2) is 35.5 Å². The van der Waals surface area contributed by atoms with Crippen LogP contribution in [-0.2, 0) is 14.8 Å². The number of benzene rings is 1. The molecule has 1 aliphatic rings. The van der Waals surface area contributed by atoms with Crippen LogP contribution in [0.5, 0.6) is 0 Å². The number of carbonyl (C=O) groups is 1. The Balaban J connectivity index is 1.81. The van der Waals surface area contributed by atoms with E-state index in [0.717, 1.165) is 29.8 Å².